The molecule has 0 saturated heterocycles. The van der Waals surface area contributed by atoms with Gasteiger partial charge in [0.1, 0.15) is 5.56 Å². The maximum atomic E-state index is 12.6. The van der Waals surface area contributed by atoms with Crippen LogP contribution in [0.3, 0.4) is 0 Å². The molecular formula is C16H21N3O4S. The van der Waals surface area contributed by atoms with Crippen LogP contribution in [0, 0.1) is 19.8 Å². The molecule has 0 saturated carbocycles. The van der Waals surface area contributed by atoms with Crippen molar-refractivity contribution in [1.82, 2.24) is 14.7 Å². The monoisotopic (exact) mass is 351 g/mol. The van der Waals surface area contributed by atoms with Gasteiger partial charge < -0.3 is 10.4 Å². The average molecular weight is 351 g/mol. The number of aryl methyl sites for hydroxylation is 2. The summed E-state index contributed by atoms with van der Waals surface area (Å²) < 4.78 is 1.42. The van der Waals surface area contributed by atoms with Crippen molar-refractivity contribution in [3.05, 3.63) is 32.7 Å². The first-order valence-electron chi connectivity index (χ1n) is 7.59. The van der Waals surface area contributed by atoms with Crippen LogP contribution in [0.1, 0.15) is 48.1 Å². The zero-order valence-electron chi connectivity index (χ0n) is 14.3. The average Bonchev–Trinajstić information content (AvgIpc) is 2.73. The van der Waals surface area contributed by atoms with Crippen molar-refractivity contribution < 1.29 is 14.7 Å². The summed E-state index contributed by atoms with van der Waals surface area (Å²) in [4.78, 5) is 42.0. The minimum Gasteiger partial charge on any atom is -0.481 e. The van der Waals surface area contributed by atoms with Gasteiger partial charge in [0, 0.05) is 16.8 Å². The Labute approximate surface area is 143 Å². The van der Waals surface area contributed by atoms with Crippen LogP contribution in [-0.2, 0) is 4.79 Å². The van der Waals surface area contributed by atoms with E-state index in [1.165, 1.54) is 21.9 Å². The second kappa shape index (κ2) is 6.35. The number of aliphatic carboxylic acids is 1. The van der Waals surface area contributed by atoms with E-state index >= 15 is 0 Å². The highest BCUT2D eigenvalue weighted by Gasteiger charge is 2.34. The highest BCUT2D eigenvalue weighted by molar-refractivity contribution is 7.17. The Kier molecular flexibility index (Phi) is 4.80. The molecule has 2 aromatic heterocycles. The summed E-state index contributed by atoms with van der Waals surface area (Å²) in [6, 6.07) is 0. The molecule has 0 aromatic carbocycles. The van der Waals surface area contributed by atoms with Crippen LogP contribution in [-0.4, -0.2) is 31.9 Å². The fourth-order valence-electron chi connectivity index (χ4n) is 2.37. The van der Waals surface area contributed by atoms with E-state index in [0.717, 1.165) is 10.6 Å². The number of fused-ring (bicyclic) bond motifs is 1. The Hall–Kier alpha value is -2.22. The molecule has 0 radical (unpaired) electrons. The van der Waals surface area contributed by atoms with Crippen molar-refractivity contribution in [2.75, 3.05) is 0 Å². The number of nitrogens with zero attached hydrogens (tertiary/aromatic N) is 2. The summed E-state index contributed by atoms with van der Waals surface area (Å²) >= 11 is 1.38. The number of hydrogen-bond acceptors (Lipinski definition) is 5. The van der Waals surface area contributed by atoms with Crippen LogP contribution < -0.4 is 10.9 Å². The molecule has 0 bridgehead atoms. The first-order valence-corrected chi connectivity index (χ1v) is 8.40. The first-order chi connectivity index (χ1) is 11.1. The van der Waals surface area contributed by atoms with Gasteiger partial charge in [0.2, 0.25) is 0 Å². The minimum absolute atomic E-state index is 0.0920. The van der Waals surface area contributed by atoms with E-state index in [1.54, 1.807) is 13.8 Å². The molecule has 2 rings (SSSR count). The van der Waals surface area contributed by atoms with Gasteiger partial charge in [0.15, 0.2) is 4.96 Å². The quantitative estimate of drug-likeness (QED) is 0.858. The molecular weight excluding hydrogens is 330 g/mol. The maximum absolute atomic E-state index is 12.6. The second-order valence-corrected chi connectivity index (χ2v) is 7.62. The Morgan fingerprint density at radius 2 is 2.04 bits per heavy atom. The van der Waals surface area contributed by atoms with Crippen LogP contribution in [0.25, 0.3) is 4.96 Å². The molecule has 0 aliphatic rings. The number of thiazole rings is 1. The van der Waals surface area contributed by atoms with E-state index < -0.39 is 23.0 Å². The molecule has 24 heavy (non-hydrogen) atoms. The van der Waals surface area contributed by atoms with Gasteiger partial charge in [-0.1, -0.05) is 13.8 Å². The second-order valence-electron chi connectivity index (χ2n) is 6.44. The van der Waals surface area contributed by atoms with Crippen LogP contribution in [0.15, 0.2) is 11.0 Å². The highest BCUT2D eigenvalue weighted by atomic mass is 32.1. The normalized spacial score (nSPS) is 13.9. The van der Waals surface area contributed by atoms with Gasteiger partial charge in [-0.15, -0.1) is 11.3 Å². The Bertz CT molecular complexity index is 868. The van der Waals surface area contributed by atoms with Crippen molar-refractivity contribution in [3.8, 4) is 0 Å². The van der Waals surface area contributed by atoms with E-state index in [4.69, 9.17) is 5.11 Å². The standard InChI is InChI=1S/C16H21N3O4S/c1-8(2)16(5,6-12(20)21)18-13(22)11-7-17-15-19(14(11)23)9(3)10(4)24-15/h7-8H,6H2,1-5H3,(H,18,22)(H,20,21). The highest BCUT2D eigenvalue weighted by Crippen LogP contribution is 2.22. The van der Waals surface area contributed by atoms with E-state index in [1.807, 2.05) is 20.8 Å². The molecule has 0 fully saturated rings. The van der Waals surface area contributed by atoms with Crippen molar-refractivity contribution >= 4 is 28.2 Å². The molecule has 1 atom stereocenters. The first kappa shape index (κ1) is 18.1. The molecule has 8 heteroatoms. The third kappa shape index (κ3) is 3.19. The van der Waals surface area contributed by atoms with Crippen LogP contribution >= 0.6 is 11.3 Å². The van der Waals surface area contributed by atoms with E-state index in [2.05, 4.69) is 10.3 Å². The lowest BCUT2D eigenvalue weighted by Gasteiger charge is -2.33. The third-order valence-electron chi connectivity index (χ3n) is 4.45. The lowest BCUT2D eigenvalue weighted by Crippen LogP contribution is -2.52. The Morgan fingerprint density at radius 1 is 1.42 bits per heavy atom. The molecule has 0 aliphatic carbocycles. The topological polar surface area (TPSA) is 101 Å². The Balaban J connectivity index is 2.44. The minimum atomic E-state index is -1.01. The summed E-state index contributed by atoms with van der Waals surface area (Å²) in [6.45, 7) is 8.99. The van der Waals surface area contributed by atoms with Gasteiger partial charge in [-0.3, -0.25) is 18.8 Å². The zero-order chi connectivity index (χ0) is 18.2. The van der Waals surface area contributed by atoms with E-state index in [-0.39, 0.29) is 17.9 Å². The smallest absolute Gasteiger partial charge is 0.305 e. The molecule has 130 valence electrons. The van der Waals surface area contributed by atoms with Gasteiger partial charge in [-0.25, -0.2) is 4.98 Å². The maximum Gasteiger partial charge on any atom is 0.305 e. The molecule has 1 amide bonds. The lowest BCUT2D eigenvalue weighted by atomic mass is 9.85. The number of nitrogens with one attached hydrogen (secondary N) is 1. The van der Waals surface area contributed by atoms with Gasteiger partial charge in [-0.05, 0) is 26.7 Å². The van der Waals surface area contributed by atoms with Crippen molar-refractivity contribution in [2.24, 2.45) is 5.92 Å². The summed E-state index contributed by atoms with van der Waals surface area (Å²) in [5.41, 5.74) is -0.750. The number of aromatic nitrogens is 2. The number of carboxylic acid groups (broad SMARTS) is 1. The number of carboxylic acids is 1. The van der Waals surface area contributed by atoms with Crippen molar-refractivity contribution in [1.29, 1.82) is 0 Å². The summed E-state index contributed by atoms with van der Waals surface area (Å²) in [5, 5.41) is 11.8. The lowest BCUT2D eigenvalue weighted by molar-refractivity contribution is -0.138. The molecule has 0 spiro atoms. The number of amides is 1. The predicted molar refractivity (Wildman–Crippen MR) is 91.8 cm³/mol. The largest absolute Gasteiger partial charge is 0.481 e. The molecule has 7 nitrogen and oxygen atoms in total. The summed E-state index contributed by atoms with van der Waals surface area (Å²) in [5.74, 6) is -1.74. The van der Waals surface area contributed by atoms with Crippen LogP contribution in [0.2, 0.25) is 0 Å². The SMILES string of the molecule is Cc1sc2ncc(C(=O)NC(C)(CC(=O)O)C(C)C)c(=O)n2c1C. The molecule has 2 N–H and O–H groups in total. The summed E-state index contributed by atoms with van der Waals surface area (Å²) in [7, 11) is 0. The van der Waals surface area contributed by atoms with Crippen molar-refractivity contribution in [2.45, 2.75) is 46.6 Å². The summed E-state index contributed by atoms with van der Waals surface area (Å²) in [6.07, 6.45) is 1.02. The van der Waals surface area contributed by atoms with Gasteiger partial charge in [-0.2, -0.15) is 0 Å². The number of carbonyl (C=O) groups is 2. The number of carbonyl (C=O) groups excluding carboxylic acids is 1. The van der Waals surface area contributed by atoms with Gasteiger partial charge in [0.25, 0.3) is 11.5 Å². The number of hydrogen-bond donors (Lipinski definition) is 2. The molecule has 0 aliphatic heterocycles. The van der Waals surface area contributed by atoms with Crippen LogP contribution in [0.5, 0.6) is 0 Å². The molecule has 2 heterocycles. The zero-order valence-corrected chi connectivity index (χ0v) is 15.2. The number of rotatable bonds is 5. The Morgan fingerprint density at radius 3 is 2.58 bits per heavy atom. The van der Waals surface area contributed by atoms with Crippen LogP contribution in [0.4, 0.5) is 0 Å². The van der Waals surface area contributed by atoms with Gasteiger partial charge in [0.05, 0.1) is 12.0 Å². The third-order valence-corrected chi connectivity index (χ3v) is 5.53. The predicted octanol–water partition coefficient (Wildman–Crippen LogP) is 1.99. The fourth-order valence-corrected chi connectivity index (χ4v) is 3.29. The van der Waals surface area contributed by atoms with E-state index in [9.17, 15) is 14.4 Å². The van der Waals surface area contributed by atoms with E-state index in [0.29, 0.717) is 4.96 Å². The van der Waals surface area contributed by atoms with Gasteiger partial charge >= 0.3 is 5.97 Å². The molecule has 1 unspecified atom stereocenters. The van der Waals surface area contributed by atoms with Crippen molar-refractivity contribution in [3.63, 3.8) is 0 Å². The fraction of sp³-hybridized carbons (Fsp3) is 0.500. The molecule has 2 aromatic rings.